The van der Waals surface area contributed by atoms with Crippen LogP contribution in [0.15, 0.2) is 54.7 Å². The number of halogens is 3. The Balaban J connectivity index is 1.68. The number of rotatable bonds is 8. The van der Waals surface area contributed by atoms with Gasteiger partial charge in [-0.1, -0.05) is 30.3 Å². The second kappa shape index (κ2) is 10.9. The summed E-state index contributed by atoms with van der Waals surface area (Å²) in [5, 5.41) is 2.78. The van der Waals surface area contributed by atoms with Crippen LogP contribution in [0.25, 0.3) is 11.3 Å². The van der Waals surface area contributed by atoms with Gasteiger partial charge in [0.25, 0.3) is 5.91 Å². The number of carbonyl (C=O) groups is 1. The van der Waals surface area contributed by atoms with E-state index in [1.807, 2.05) is 0 Å². The number of anilines is 1. The Kier molecular flexibility index (Phi) is 7.85. The number of likely N-dealkylation sites (tertiary alicyclic amines) is 1. The van der Waals surface area contributed by atoms with Crippen LogP contribution in [0.5, 0.6) is 0 Å². The average Bonchev–Trinajstić information content (AvgIpc) is 3.45. The number of nitrogens with zero attached hydrogens (tertiary/aromatic N) is 2. The summed E-state index contributed by atoms with van der Waals surface area (Å²) in [5.41, 5.74) is 1.49. The predicted molar refractivity (Wildman–Crippen MR) is 134 cm³/mol. The fourth-order valence-electron chi connectivity index (χ4n) is 4.66. The smallest absolute Gasteiger partial charge is 0.345 e. The van der Waals surface area contributed by atoms with Crippen LogP contribution in [0.1, 0.15) is 39.9 Å². The van der Waals surface area contributed by atoms with Gasteiger partial charge in [-0.2, -0.15) is 13.2 Å². The van der Waals surface area contributed by atoms with Crippen molar-refractivity contribution in [2.24, 2.45) is 0 Å². The molecule has 0 aliphatic carbocycles. The highest BCUT2D eigenvalue weighted by Crippen LogP contribution is 2.39. The first kappa shape index (κ1) is 26.0. The Hall–Kier alpha value is -3.11. The van der Waals surface area contributed by atoms with Crippen molar-refractivity contribution in [2.75, 3.05) is 25.0 Å². The van der Waals surface area contributed by atoms with Crippen LogP contribution >= 0.6 is 0 Å². The molecule has 4 rings (SSSR count). The van der Waals surface area contributed by atoms with Crippen molar-refractivity contribution in [2.45, 2.75) is 38.2 Å². The lowest BCUT2D eigenvalue weighted by Gasteiger charge is -2.19. The molecular formula is C26H28F3N3O3S. The van der Waals surface area contributed by atoms with Crippen molar-refractivity contribution in [3.05, 3.63) is 77.0 Å². The average molecular weight is 520 g/mol. The standard InChI is InChI=1S/C26H28F3N3O3S/c1-18-22(25(33)30-20-10-8-19(9-11-20)17-36(34)35)16-32(15-14-31-12-4-5-13-31)24(18)21-6-2-3-7-23(21)26(27,28)29/h2-3,6-11,16,36H,4-5,12-15,17H2,1H3,(H,30,33). The zero-order chi connectivity index (χ0) is 25.9. The Morgan fingerprint density at radius 2 is 1.67 bits per heavy atom. The maximum Gasteiger partial charge on any atom is 0.417 e. The van der Waals surface area contributed by atoms with E-state index in [4.69, 9.17) is 0 Å². The van der Waals surface area contributed by atoms with Crippen LogP contribution in [0.3, 0.4) is 0 Å². The van der Waals surface area contributed by atoms with Crippen molar-refractivity contribution in [1.29, 1.82) is 0 Å². The molecule has 0 radical (unpaired) electrons. The zero-order valence-corrected chi connectivity index (χ0v) is 20.7. The number of nitrogens with one attached hydrogen (secondary N) is 1. The minimum atomic E-state index is -4.54. The summed E-state index contributed by atoms with van der Waals surface area (Å²) >= 11 is 0. The van der Waals surface area contributed by atoms with Crippen LogP contribution in [0.4, 0.5) is 18.9 Å². The predicted octanol–water partition coefficient (Wildman–Crippen LogP) is 4.94. The number of hydrogen-bond acceptors (Lipinski definition) is 4. The molecule has 0 spiro atoms. The van der Waals surface area contributed by atoms with E-state index in [1.165, 1.54) is 12.1 Å². The molecule has 1 amide bonds. The summed E-state index contributed by atoms with van der Waals surface area (Å²) in [4.78, 5) is 15.5. The molecule has 0 saturated carbocycles. The number of carbonyl (C=O) groups excluding carboxylic acids is 1. The summed E-state index contributed by atoms with van der Waals surface area (Å²) in [5.74, 6) is -0.536. The minimum Gasteiger partial charge on any atom is -0.345 e. The molecule has 1 aromatic heterocycles. The van der Waals surface area contributed by atoms with Gasteiger partial charge < -0.3 is 14.8 Å². The highest BCUT2D eigenvalue weighted by atomic mass is 32.2. The molecule has 1 N–H and O–H groups in total. The largest absolute Gasteiger partial charge is 0.417 e. The molecule has 2 aromatic carbocycles. The van der Waals surface area contributed by atoms with Crippen molar-refractivity contribution >= 4 is 22.3 Å². The van der Waals surface area contributed by atoms with Crippen LogP contribution < -0.4 is 5.32 Å². The van der Waals surface area contributed by atoms with Gasteiger partial charge in [-0.3, -0.25) is 4.79 Å². The van der Waals surface area contributed by atoms with Crippen LogP contribution in [-0.2, 0) is 29.2 Å². The molecule has 1 aliphatic rings. The molecule has 0 unspecified atom stereocenters. The number of hydrogen-bond donors (Lipinski definition) is 2. The molecule has 2 heterocycles. The van der Waals surface area contributed by atoms with Crippen molar-refractivity contribution in [1.82, 2.24) is 9.47 Å². The summed E-state index contributed by atoms with van der Waals surface area (Å²) < 4.78 is 65.2. The third kappa shape index (κ3) is 5.99. The summed E-state index contributed by atoms with van der Waals surface area (Å²) in [7, 11) is -2.56. The number of benzene rings is 2. The van der Waals surface area contributed by atoms with Gasteiger partial charge in [-0.25, -0.2) is 8.42 Å². The quantitative estimate of drug-likeness (QED) is 0.414. The summed E-state index contributed by atoms with van der Waals surface area (Å²) in [6.45, 7) is 4.71. The molecule has 6 nitrogen and oxygen atoms in total. The van der Waals surface area contributed by atoms with Crippen LogP contribution in [0.2, 0.25) is 0 Å². The van der Waals surface area contributed by atoms with Gasteiger partial charge in [0.15, 0.2) is 0 Å². The van der Waals surface area contributed by atoms with Crippen molar-refractivity contribution < 1.29 is 26.4 Å². The first-order valence-electron chi connectivity index (χ1n) is 11.7. The van der Waals surface area contributed by atoms with Gasteiger partial charge in [-0.05, 0) is 62.2 Å². The maximum absolute atomic E-state index is 13.9. The SMILES string of the molecule is Cc1c(C(=O)Nc2ccc(C[SH](=O)=O)cc2)cn(CCN2CCCC2)c1-c1ccccc1C(F)(F)F. The van der Waals surface area contributed by atoms with E-state index in [0.29, 0.717) is 35.6 Å². The van der Waals surface area contributed by atoms with Gasteiger partial charge >= 0.3 is 6.18 Å². The fraction of sp³-hybridized carbons (Fsp3) is 0.346. The lowest BCUT2D eigenvalue weighted by Crippen LogP contribution is -2.24. The Morgan fingerprint density at radius 1 is 1.00 bits per heavy atom. The number of thiol groups is 1. The monoisotopic (exact) mass is 519 g/mol. The third-order valence-electron chi connectivity index (χ3n) is 6.44. The molecule has 1 fully saturated rings. The van der Waals surface area contributed by atoms with Gasteiger partial charge in [0.2, 0.25) is 0 Å². The van der Waals surface area contributed by atoms with E-state index < -0.39 is 28.4 Å². The second-order valence-electron chi connectivity index (χ2n) is 8.94. The topological polar surface area (TPSA) is 71.4 Å². The van der Waals surface area contributed by atoms with Crippen LogP contribution in [0, 0.1) is 6.92 Å². The Labute approximate surface area is 209 Å². The molecule has 1 saturated heterocycles. The summed E-state index contributed by atoms with van der Waals surface area (Å²) in [6, 6.07) is 11.9. The molecule has 0 bridgehead atoms. The van der Waals surface area contributed by atoms with Gasteiger partial charge in [0, 0.05) is 30.5 Å². The minimum absolute atomic E-state index is 0.0408. The van der Waals surface area contributed by atoms with Gasteiger partial charge in [0.1, 0.15) is 10.7 Å². The van der Waals surface area contributed by atoms with Crippen molar-refractivity contribution in [3.8, 4) is 11.3 Å². The first-order valence-corrected chi connectivity index (χ1v) is 13.1. The van der Waals surface area contributed by atoms with E-state index in [0.717, 1.165) is 32.0 Å². The van der Waals surface area contributed by atoms with Gasteiger partial charge in [0.05, 0.1) is 22.6 Å². The fourth-order valence-corrected chi connectivity index (χ4v) is 5.16. The lowest BCUT2D eigenvalue weighted by molar-refractivity contribution is -0.137. The van der Waals surface area contributed by atoms with E-state index in [1.54, 1.807) is 48.0 Å². The zero-order valence-electron chi connectivity index (χ0n) is 19.8. The highest BCUT2D eigenvalue weighted by Gasteiger charge is 2.35. The molecule has 192 valence electrons. The molecule has 36 heavy (non-hydrogen) atoms. The normalized spacial score (nSPS) is 14.5. The number of amides is 1. The maximum atomic E-state index is 13.9. The third-order valence-corrected chi connectivity index (χ3v) is 7.07. The molecule has 1 aliphatic heterocycles. The second-order valence-corrected chi connectivity index (χ2v) is 9.93. The van der Waals surface area contributed by atoms with E-state index >= 15 is 0 Å². The molecule has 10 heteroatoms. The highest BCUT2D eigenvalue weighted by molar-refractivity contribution is 7.71. The molecular weight excluding hydrogens is 491 g/mol. The van der Waals surface area contributed by atoms with Gasteiger partial charge in [-0.15, -0.1) is 0 Å². The van der Waals surface area contributed by atoms with Crippen LogP contribution in [-0.4, -0.2) is 43.4 Å². The Bertz CT molecular complexity index is 1300. The van der Waals surface area contributed by atoms with E-state index in [-0.39, 0.29) is 16.9 Å². The number of alkyl halides is 3. The van der Waals surface area contributed by atoms with E-state index in [2.05, 4.69) is 10.2 Å². The van der Waals surface area contributed by atoms with Crippen molar-refractivity contribution in [3.63, 3.8) is 0 Å². The molecule has 3 aromatic rings. The first-order chi connectivity index (χ1) is 17.1. The Morgan fingerprint density at radius 3 is 2.31 bits per heavy atom. The lowest BCUT2D eigenvalue weighted by atomic mass is 10.00. The van der Waals surface area contributed by atoms with E-state index in [9.17, 15) is 26.4 Å². The summed E-state index contributed by atoms with van der Waals surface area (Å²) in [6.07, 6.45) is -0.704. The molecule has 0 atom stereocenters. The number of aromatic nitrogens is 1.